The molecule has 0 radical (unpaired) electrons. The molecule has 0 spiro atoms. The maximum Gasteiger partial charge on any atom is 0.168 e. The van der Waals surface area contributed by atoms with Crippen molar-refractivity contribution in [2.75, 3.05) is 5.73 Å². The molecule has 0 atom stereocenters. The molecule has 2 N–H and O–H groups in total. The van der Waals surface area contributed by atoms with Crippen molar-refractivity contribution in [3.63, 3.8) is 0 Å². The average Bonchev–Trinajstić information content (AvgIpc) is 2.84. The van der Waals surface area contributed by atoms with Crippen molar-refractivity contribution >= 4 is 11.5 Å². The zero-order chi connectivity index (χ0) is 11.1. The third kappa shape index (κ3) is 1.18. The lowest BCUT2D eigenvalue weighted by atomic mass is 10.2. The SMILES string of the molecule is Cc1ccc(-c2cnn3c(N)ccnc23)o1. The van der Waals surface area contributed by atoms with Crippen molar-refractivity contribution in [3.05, 3.63) is 36.4 Å². The van der Waals surface area contributed by atoms with Crippen molar-refractivity contribution in [1.29, 1.82) is 0 Å². The number of nitrogens with zero attached hydrogens (tertiary/aromatic N) is 3. The summed E-state index contributed by atoms with van der Waals surface area (Å²) in [6, 6.07) is 5.51. The predicted octanol–water partition coefficient (Wildman–Crippen LogP) is 1.88. The second-order valence-electron chi connectivity index (χ2n) is 3.57. The van der Waals surface area contributed by atoms with Crippen molar-refractivity contribution in [2.24, 2.45) is 0 Å². The zero-order valence-electron chi connectivity index (χ0n) is 8.71. The number of hydrogen-bond donors (Lipinski definition) is 1. The molecule has 0 saturated heterocycles. The summed E-state index contributed by atoms with van der Waals surface area (Å²) in [7, 11) is 0. The highest BCUT2D eigenvalue weighted by atomic mass is 16.3. The van der Waals surface area contributed by atoms with E-state index in [4.69, 9.17) is 10.2 Å². The fraction of sp³-hybridized carbons (Fsp3) is 0.0909. The highest BCUT2D eigenvalue weighted by molar-refractivity contribution is 5.74. The Morgan fingerprint density at radius 3 is 2.94 bits per heavy atom. The van der Waals surface area contributed by atoms with Crippen LogP contribution < -0.4 is 5.73 Å². The Morgan fingerprint density at radius 2 is 2.19 bits per heavy atom. The average molecular weight is 214 g/mol. The van der Waals surface area contributed by atoms with Crippen LogP contribution in [0.5, 0.6) is 0 Å². The van der Waals surface area contributed by atoms with Crippen LogP contribution in [0.4, 0.5) is 5.82 Å². The van der Waals surface area contributed by atoms with Crippen LogP contribution in [0.3, 0.4) is 0 Å². The summed E-state index contributed by atoms with van der Waals surface area (Å²) >= 11 is 0. The molecule has 0 fully saturated rings. The zero-order valence-corrected chi connectivity index (χ0v) is 8.71. The summed E-state index contributed by atoms with van der Waals surface area (Å²) in [6.07, 6.45) is 3.36. The highest BCUT2D eigenvalue weighted by Crippen LogP contribution is 2.25. The standard InChI is InChI=1S/C11H10N4O/c1-7-2-3-9(16-7)8-6-14-15-10(12)4-5-13-11(8)15/h2-6H,12H2,1H3. The van der Waals surface area contributed by atoms with Gasteiger partial charge in [-0.05, 0) is 25.1 Å². The van der Waals surface area contributed by atoms with Gasteiger partial charge in [-0.15, -0.1) is 0 Å². The summed E-state index contributed by atoms with van der Waals surface area (Å²) in [5.41, 5.74) is 7.33. The molecule has 3 aromatic heterocycles. The molecule has 5 heteroatoms. The molecule has 0 aromatic carbocycles. The van der Waals surface area contributed by atoms with Gasteiger partial charge in [-0.3, -0.25) is 0 Å². The summed E-state index contributed by atoms with van der Waals surface area (Å²) in [5, 5.41) is 4.17. The van der Waals surface area contributed by atoms with E-state index in [2.05, 4.69) is 10.1 Å². The Kier molecular flexibility index (Phi) is 1.73. The summed E-state index contributed by atoms with van der Waals surface area (Å²) < 4.78 is 7.13. The molecular formula is C11H10N4O. The smallest absolute Gasteiger partial charge is 0.168 e. The van der Waals surface area contributed by atoms with Crippen molar-refractivity contribution < 1.29 is 4.42 Å². The molecule has 0 amide bonds. The first kappa shape index (κ1) is 8.96. The molecule has 0 bridgehead atoms. The first-order valence-corrected chi connectivity index (χ1v) is 4.91. The molecule has 3 heterocycles. The van der Waals surface area contributed by atoms with Gasteiger partial charge in [0.1, 0.15) is 17.3 Å². The molecule has 3 aromatic rings. The molecule has 80 valence electrons. The van der Waals surface area contributed by atoms with Gasteiger partial charge in [0.2, 0.25) is 0 Å². The number of anilines is 1. The number of furan rings is 1. The van der Waals surface area contributed by atoms with Gasteiger partial charge in [0.15, 0.2) is 5.65 Å². The molecule has 16 heavy (non-hydrogen) atoms. The Balaban J connectivity index is 2.29. The quantitative estimate of drug-likeness (QED) is 0.671. The second-order valence-corrected chi connectivity index (χ2v) is 3.57. The number of rotatable bonds is 1. The van der Waals surface area contributed by atoms with E-state index in [1.807, 2.05) is 19.1 Å². The van der Waals surface area contributed by atoms with Crippen LogP contribution in [0.15, 0.2) is 35.0 Å². The van der Waals surface area contributed by atoms with E-state index in [0.29, 0.717) is 11.5 Å². The van der Waals surface area contributed by atoms with Crippen molar-refractivity contribution in [3.8, 4) is 11.3 Å². The van der Waals surface area contributed by atoms with Crippen LogP contribution in [0.2, 0.25) is 0 Å². The number of nitrogens with two attached hydrogens (primary N) is 1. The van der Waals surface area contributed by atoms with Gasteiger partial charge >= 0.3 is 0 Å². The minimum absolute atomic E-state index is 0.555. The Hall–Kier alpha value is -2.30. The minimum atomic E-state index is 0.555. The first-order valence-electron chi connectivity index (χ1n) is 4.91. The lowest BCUT2D eigenvalue weighted by Crippen LogP contribution is -1.98. The highest BCUT2D eigenvalue weighted by Gasteiger charge is 2.11. The van der Waals surface area contributed by atoms with Crippen molar-refractivity contribution in [1.82, 2.24) is 14.6 Å². The third-order valence-electron chi connectivity index (χ3n) is 2.44. The van der Waals surface area contributed by atoms with Crippen LogP contribution in [0, 0.1) is 6.92 Å². The van der Waals surface area contributed by atoms with Gasteiger partial charge in [-0.2, -0.15) is 9.61 Å². The van der Waals surface area contributed by atoms with Gasteiger partial charge in [0.25, 0.3) is 0 Å². The van der Waals surface area contributed by atoms with Gasteiger partial charge in [0.05, 0.1) is 11.8 Å². The van der Waals surface area contributed by atoms with Crippen LogP contribution >= 0.6 is 0 Å². The number of nitrogen functional groups attached to an aromatic ring is 1. The summed E-state index contributed by atoms with van der Waals surface area (Å²) in [6.45, 7) is 1.90. The fourth-order valence-corrected chi connectivity index (χ4v) is 1.66. The maximum absolute atomic E-state index is 5.78. The van der Waals surface area contributed by atoms with Gasteiger partial charge in [0, 0.05) is 6.20 Å². The third-order valence-corrected chi connectivity index (χ3v) is 2.44. The minimum Gasteiger partial charge on any atom is -0.461 e. The number of aryl methyl sites for hydroxylation is 1. The van der Waals surface area contributed by atoms with E-state index in [1.54, 1.807) is 23.0 Å². The van der Waals surface area contributed by atoms with E-state index >= 15 is 0 Å². The van der Waals surface area contributed by atoms with Crippen LogP contribution in [0.25, 0.3) is 17.0 Å². The molecule has 0 aliphatic rings. The molecule has 5 nitrogen and oxygen atoms in total. The lowest BCUT2D eigenvalue weighted by molar-refractivity contribution is 0.549. The Labute approximate surface area is 91.5 Å². The largest absolute Gasteiger partial charge is 0.461 e. The van der Waals surface area contributed by atoms with Crippen molar-refractivity contribution in [2.45, 2.75) is 6.92 Å². The predicted molar refractivity (Wildman–Crippen MR) is 59.8 cm³/mol. The van der Waals surface area contributed by atoms with Crippen LogP contribution in [-0.2, 0) is 0 Å². The first-order chi connectivity index (χ1) is 7.75. The second kappa shape index (κ2) is 3.10. The number of aromatic nitrogens is 3. The molecule has 0 unspecified atom stereocenters. The Morgan fingerprint density at radius 1 is 1.31 bits per heavy atom. The molecule has 0 aliphatic carbocycles. The van der Waals surface area contributed by atoms with Gasteiger partial charge < -0.3 is 10.2 Å². The van der Waals surface area contributed by atoms with Gasteiger partial charge in [-0.25, -0.2) is 4.98 Å². The molecule has 0 aliphatic heterocycles. The number of fused-ring (bicyclic) bond motifs is 1. The Bertz CT molecular complexity index is 653. The number of hydrogen-bond acceptors (Lipinski definition) is 4. The topological polar surface area (TPSA) is 69.3 Å². The van der Waals surface area contributed by atoms with E-state index in [-0.39, 0.29) is 0 Å². The molecule has 3 rings (SSSR count). The normalized spacial score (nSPS) is 11.1. The van der Waals surface area contributed by atoms with E-state index < -0.39 is 0 Å². The molecular weight excluding hydrogens is 204 g/mol. The monoisotopic (exact) mass is 214 g/mol. The van der Waals surface area contributed by atoms with E-state index in [1.165, 1.54) is 0 Å². The van der Waals surface area contributed by atoms with Crippen LogP contribution in [0.1, 0.15) is 5.76 Å². The summed E-state index contributed by atoms with van der Waals surface area (Å²) in [5.74, 6) is 2.17. The lowest BCUT2D eigenvalue weighted by Gasteiger charge is -1.97. The van der Waals surface area contributed by atoms with Gasteiger partial charge in [-0.1, -0.05) is 0 Å². The van der Waals surface area contributed by atoms with E-state index in [9.17, 15) is 0 Å². The van der Waals surface area contributed by atoms with Crippen LogP contribution in [-0.4, -0.2) is 14.6 Å². The van der Waals surface area contributed by atoms with E-state index in [0.717, 1.165) is 17.1 Å². The molecule has 0 saturated carbocycles. The maximum atomic E-state index is 5.78. The fourth-order valence-electron chi connectivity index (χ4n) is 1.66. The summed E-state index contributed by atoms with van der Waals surface area (Å²) in [4.78, 5) is 4.25.